The van der Waals surface area contributed by atoms with Crippen molar-refractivity contribution in [2.24, 2.45) is 5.92 Å². The Kier molecular flexibility index (Phi) is 8.35. The molecule has 0 bridgehead atoms. The Morgan fingerprint density at radius 2 is 1.95 bits per heavy atom. The van der Waals surface area contributed by atoms with Crippen LogP contribution in [0.3, 0.4) is 0 Å². The van der Waals surface area contributed by atoms with Gasteiger partial charge in [0.1, 0.15) is 42.8 Å². The van der Waals surface area contributed by atoms with Crippen LogP contribution in [0.5, 0.6) is 0 Å². The molecular formula is C27H37N5O6. The smallest absolute Gasteiger partial charge is 0.308 e. The van der Waals surface area contributed by atoms with Gasteiger partial charge in [-0.1, -0.05) is 46.5 Å². The van der Waals surface area contributed by atoms with Gasteiger partial charge in [-0.25, -0.2) is 9.50 Å². The van der Waals surface area contributed by atoms with E-state index in [1.165, 1.54) is 17.3 Å². The van der Waals surface area contributed by atoms with Gasteiger partial charge in [-0.15, -0.1) is 0 Å². The Labute approximate surface area is 222 Å². The highest BCUT2D eigenvalue weighted by Gasteiger charge is 2.65. The Morgan fingerprint density at radius 1 is 1.18 bits per heavy atom. The maximum atomic E-state index is 12.6. The first-order valence-electron chi connectivity index (χ1n) is 13.4. The summed E-state index contributed by atoms with van der Waals surface area (Å²) in [6.07, 6.45) is 4.78. The van der Waals surface area contributed by atoms with Crippen LogP contribution in [0.15, 0.2) is 18.5 Å². The Balaban J connectivity index is 1.59. The van der Waals surface area contributed by atoms with E-state index in [4.69, 9.17) is 18.9 Å². The molecule has 0 aliphatic carbocycles. The van der Waals surface area contributed by atoms with Crippen LogP contribution in [0.2, 0.25) is 0 Å². The number of fused-ring (bicyclic) bond motifs is 2. The first-order valence-corrected chi connectivity index (χ1v) is 13.4. The molecule has 11 nitrogen and oxygen atoms in total. The van der Waals surface area contributed by atoms with Gasteiger partial charge >= 0.3 is 5.97 Å². The summed E-state index contributed by atoms with van der Waals surface area (Å²) in [4.78, 5) is 29.0. The number of nitrogens with one attached hydrogen (secondary N) is 1. The van der Waals surface area contributed by atoms with E-state index in [1.807, 2.05) is 0 Å². The molecule has 2 fully saturated rings. The number of amides is 1. The molecule has 1 amide bonds. The lowest BCUT2D eigenvalue weighted by Gasteiger charge is -2.29. The molecule has 0 radical (unpaired) electrons. The summed E-state index contributed by atoms with van der Waals surface area (Å²) in [5.74, 6) is -1.43. The standard InChI is InChI=1S/C27H37N5O6/c1-6-7-8-9-10-11-21(33)31-24-18-12-13-20(32(18)30-16-29-24)27(15-28)23-22(37-26(4,5)38-23)19(36-27)14-35-25(34)17(2)3/h12-13,16-17,19,22-23H,6-11,14H2,1-5H3,(H,29,30,31,33)/t19-,22-,23-,27+/m1/s1. The zero-order valence-electron chi connectivity index (χ0n) is 22.7. The largest absolute Gasteiger partial charge is 0.463 e. The van der Waals surface area contributed by atoms with E-state index in [0.717, 1.165) is 25.7 Å². The highest BCUT2D eigenvalue weighted by Crippen LogP contribution is 2.49. The SMILES string of the molecule is CCCCCCCC(=O)Nc1ncnn2c([C@]3(C#N)O[C@H](COC(=O)C(C)C)[C@H]4OC(C)(C)O[C@H]43)ccc12. The molecule has 2 aromatic heterocycles. The van der Waals surface area contributed by atoms with Crippen LogP contribution in [-0.4, -0.2) is 57.2 Å². The molecule has 0 saturated carbocycles. The van der Waals surface area contributed by atoms with E-state index >= 15 is 0 Å². The lowest BCUT2D eigenvalue weighted by atomic mass is 9.92. The fourth-order valence-electron chi connectivity index (χ4n) is 4.96. The van der Waals surface area contributed by atoms with Crippen molar-refractivity contribution in [3.63, 3.8) is 0 Å². The normalized spacial score (nSPS) is 25.9. The number of hydrogen-bond donors (Lipinski definition) is 1. The Morgan fingerprint density at radius 3 is 2.66 bits per heavy atom. The van der Waals surface area contributed by atoms with E-state index in [2.05, 4.69) is 28.4 Å². The lowest BCUT2D eigenvalue weighted by Crippen LogP contribution is -2.40. The van der Waals surface area contributed by atoms with Crippen molar-refractivity contribution in [3.05, 3.63) is 24.2 Å². The first-order chi connectivity index (χ1) is 18.1. The summed E-state index contributed by atoms with van der Waals surface area (Å²) in [6.45, 7) is 9.08. The van der Waals surface area contributed by atoms with Crippen molar-refractivity contribution < 1.29 is 28.5 Å². The molecule has 2 saturated heterocycles. The van der Waals surface area contributed by atoms with Crippen LogP contribution in [0.4, 0.5) is 5.82 Å². The van der Waals surface area contributed by atoms with E-state index in [9.17, 15) is 14.9 Å². The molecule has 38 heavy (non-hydrogen) atoms. The van der Waals surface area contributed by atoms with E-state index in [-0.39, 0.29) is 24.4 Å². The Bertz CT molecular complexity index is 1200. The maximum Gasteiger partial charge on any atom is 0.308 e. The first kappa shape index (κ1) is 28.0. The van der Waals surface area contributed by atoms with Gasteiger partial charge in [0, 0.05) is 6.42 Å². The number of anilines is 1. The topological polar surface area (TPSA) is 137 Å². The summed E-state index contributed by atoms with van der Waals surface area (Å²) in [5.41, 5.74) is -0.680. The number of carbonyl (C=O) groups is 2. The van der Waals surface area contributed by atoms with Crippen LogP contribution < -0.4 is 5.32 Å². The van der Waals surface area contributed by atoms with Gasteiger partial charge in [-0.2, -0.15) is 10.4 Å². The quantitative estimate of drug-likeness (QED) is 0.341. The zero-order chi connectivity index (χ0) is 27.5. The van der Waals surface area contributed by atoms with Crippen LogP contribution >= 0.6 is 0 Å². The average Bonchev–Trinajstić information content (AvgIpc) is 3.53. The van der Waals surface area contributed by atoms with E-state index < -0.39 is 29.7 Å². The number of rotatable bonds is 11. The number of aromatic nitrogens is 3. The second-order valence-corrected chi connectivity index (χ2v) is 10.6. The van der Waals surface area contributed by atoms with Crippen molar-refractivity contribution in [2.75, 3.05) is 11.9 Å². The molecule has 1 N–H and O–H groups in total. The number of ether oxygens (including phenoxy) is 4. The molecule has 4 heterocycles. The van der Waals surface area contributed by atoms with Gasteiger partial charge in [0.15, 0.2) is 11.6 Å². The maximum absolute atomic E-state index is 12.6. The molecule has 0 unspecified atom stereocenters. The van der Waals surface area contributed by atoms with Gasteiger partial charge in [0.25, 0.3) is 0 Å². The summed E-state index contributed by atoms with van der Waals surface area (Å²) in [5, 5.41) is 17.7. The van der Waals surface area contributed by atoms with Crippen molar-refractivity contribution in [1.29, 1.82) is 5.26 Å². The van der Waals surface area contributed by atoms with E-state index in [0.29, 0.717) is 23.4 Å². The van der Waals surface area contributed by atoms with Crippen molar-refractivity contribution >= 4 is 23.2 Å². The number of hydrogen-bond acceptors (Lipinski definition) is 9. The summed E-state index contributed by atoms with van der Waals surface area (Å²) in [6, 6.07) is 5.73. The second-order valence-electron chi connectivity index (χ2n) is 10.6. The second kappa shape index (κ2) is 11.4. The number of nitriles is 1. The Hall–Kier alpha value is -3.07. The predicted molar refractivity (Wildman–Crippen MR) is 137 cm³/mol. The van der Waals surface area contributed by atoms with Crippen molar-refractivity contribution in [1.82, 2.24) is 14.6 Å². The van der Waals surface area contributed by atoms with Crippen molar-refractivity contribution in [2.45, 2.75) is 103 Å². The third-order valence-corrected chi connectivity index (χ3v) is 6.86. The van der Waals surface area contributed by atoms with Gasteiger partial charge in [-0.05, 0) is 32.4 Å². The van der Waals surface area contributed by atoms with Crippen LogP contribution in [0, 0.1) is 17.2 Å². The van der Waals surface area contributed by atoms with Gasteiger partial charge < -0.3 is 24.3 Å². The van der Waals surface area contributed by atoms with Crippen molar-refractivity contribution in [3.8, 4) is 6.07 Å². The van der Waals surface area contributed by atoms with Crippen LogP contribution in [0.1, 0.15) is 78.8 Å². The fraction of sp³-hybridized carbons (Fsp3) is 0.667. The number of carbonyl (C=O) groups excluding carboxylic acids is 2. The minimum Gasteiger partial charge on any atom is -0.463 e. The van der Waals surface area contributed by atoms with E-state index in [1.54, 1.807) is 39.8 Å². The third-order valence-electron chi connectivity index (χ3n) is 6.86. The highest BCUT2D eigenvalue weighted by molar-refractivity contribution is 5.93. The summed E-state index contributed by atoms with van der Waals surface area (Å²) >= 11 is 0. The lowest BCUT2D eigenvalue weighted by molar-refractivity contribution is -0.207. The van der Waals surface area contributed by atoms with Gasteiger partial charge in [-0.3, -0.25) is 9.59 Å². The molecule has 11 heteroatoms. The fourth-order valence-corrected chi connectivity index (χ4v) is 4.96. The number of esters is 1. The minimum atomic E-state index is -1.60. The molecule has 2 aromatic rings. The molecule has 4 rings (SSSR count). The van der Waals surface area contributed by atoms with Crippen LogP contribution in [-0.2, 0) is 34.1 Å². The number of nitrogens with zero attached hydrogens (tertiary/aromatic N) is 4. The molecule has 2 aliphatic rings. The summed E-state index contributed by atoms with van der Waals surface area (Å²) < 4.78 is 25.5. The molecule has 2 aliphatic heterocycles. The number of unbranched alkanes of at least 4 members (excludes halogenated alkanes) is 4. The van der Waals surface area contributed by atoms with Gasteiger partial charge in [0.05, 0.1) is 11.6 Å². The molecule has 4 atom stereocenters. The predicted octanol–water partition coefficient (Wildman–Crippen LogP) is 3.87. The van der Waals surface area contributed by atoms with Gasteiger partial charge in [0.2, 0.25) is 11.5 Å². The minimum absolute atomic E-state index is 0.0844. The highest BCUT2D eigenvalue weighted by atomic mass is 16.8. The average molecular weight is 528 g/mol. The molecule has 0 spiro atoms. The molecule has 0 aromatic carbocycles. The van der Waals surface area contributed by atoms with Crippen LogP contribution in [0.25, 0.3) is 5.52 Å². The molecular weight excluding hydrogens is 490 g/mol. The zero-order valence-corrected chi connectivity index (χ0v) is 22.7. The third kappa shape index (κ3) is 5.53. The monoisotopic (exact) mass is 527 g/mol. The molecule has 206 valence electrons. The summed E-state index contributed by atoms with van der Waals surface area (Å²) in [7, 11) is 0.